The van der Waals surface area contributed by atoms with Gasteiger partial charge in [0.2, 0.25) is 0 Å². The molecule has 0 unspecified atom stereocenters. The fourth-order valence-electron chi connectivity index (χ4n) is 4.04. The standard InChI is InChI=1S/C28H22N2O3S/c1-2-33-23-15-13-22(14-16-23)30-24(19-9-5-3-6-10-19)17-21(18-25-27(31)29-28(32)34-25)26(30)20-11-7-4-8-12-20/h3-18H,2H2,1H3,(H,29,31,32)/b25-18-. The smallest absolute Gasteiger partial charge is 0.290 e. The zero-order valence-corrected chi connectivity index (χ0v) is 19.3. The average Bonchev–Trinajstić information content (AvgIpc) is 3.40. The molecule has 2 amide bonds. The number of benzene rings is 3. The lowest BCUT2D eigenvalue weighted by atomic mass is 10.1. The summed E-state index contributed by atoms with van der Waals surface area (Å²) in [6.45, 7) is 2.56. The van der Waals surface area contributed by atoms with Gasteiger partial charge in [-0.2, -0.15) is 0 Å². The number of hydrogen-bond acceptors (Lipinski definition) is 4. The molecule has 1 aromatic heterocycles. The number of ether oxygens (including phenoxy) is 1. The molecule has 34 heavy (non-hydrogen) atoms. The maximum absolute atomic E-state index is 12.3. The van der Waals surface area contributed by atoms with Crippen molar-refractivity contribution < 1.29 is 14.3 Å². The number of rotatable bonds is 6. The molecule has 1 aliphatic rings. The summed E-state index contributed by atoms with van der Waals surface area (Å²) in [5, 5.41) is 1.99. The molecule has 1 aliphatic heterocycles. The molecule has 2 heterocycles. The quantitative estimate of drug-likeness (QED) is 0.328. The van der Waals surface area contributed by atoms with Crippen molar-refractivity contribution in [2.75, 3.05) is 6.61 Å². The molecule has 1 N–H and O–H groups in total. The Labute approximate surface area is 202 Å². The average molecular weight is 467 g/mol. The Bertz CT molecular complexity index is 1370. The zero-order valence-electron chi connectivity index (χ0n) is 18.5. The van der Waals surface area contributed by atoms with Gasteiger partial charge in [-0.05, 0) is 66.2 Å². The molecule has 5 nitrogen and oxygen atoms in total. The van der Waals surface area contributed by atoms with Gasteiger partial charge >= 0.3 is 0 Å². The molecule has 0 spiro atoms. The van der Waals surface area contributed by atoms with E-state index in [4.69, 9.17) is 4.74 Å². The number of imide groups is 1. The Morgan fingerprint density at radius 3 is 2.12 bits per heavy atom. The number of nitrogens with one attached hydrogen (secondary N) is 1. The Kier molecular flexibility index (Phi) is 6.06. The highest BCUT2D eigenvalue weighted by atomic mass is 32.2. The minimum atomic E-state index is -0.371. The molecule has 3 aromatic carbocycles. The molecule has 0 atom stereocenters. The van der Waals surface area contributed by atoms with E-state index in [0.29, 0.717) is 11.5 Å². The minimum Gasteiger partial charge on any atom is -0.494 e. The predicted octanol–water partition coefficient (Wildman–Crippen LogP) is 6.53. The van der Waals surface area contributed by atoms with Crippen molar-refractivity contribution in [3.05, 3.63) is 101 Å². The molecular weight excluding hydrogens is 444 g/mol. The Balaban J connectivity index is 1.78. The van der Waals surface area contributed by atoms with Gasteiger partial charge in [-0.15, -0.1) is 0 Å². The molecule has 168 valence electrons. The SMILES string of the molecule is CCOc1ccc(-n2c(-c3ccccc3)cc(/C=C3\SC(=O)NC3=O)c2-c2ccccc2)cc1. The maximum Gasteiger partial charge on any atom is 0.290 e. The second-order valence-electron chi connectivity index (χ2n) is 7.68. The second-order valence-corrected chi connectivity index (χ2v) is 8.69. The van der Waals surface area contributed by atoms with Gasteiger partial charge in [0.1, 0.15) is 5.75 Å². The Morgan fingerprint density at radius 1 is 0.882 bits per heavy atom. The summed E-state index contributed by atoms with van der Waals surface area (Å²) in [5.41, 5.74) is 5.77. The molecule has 6 heteroatoms. The minimum absolute atomic E-state index is 0.355. The first kappa shape index (κ1) is 21.8. The van der Waals surface area contributed by atoms with Crippen molar-refractivity contribution in [2.24, 2.45) is 0 Å². The molecule has 0 radical (unpaired) electrons. The largest absolute Gasteiger partial charge is 0.494 e. The van der Waals surface area contributed by atoms with Gasteiger partial charge in [-0.3, -0.25) is 14.9 Å². The Morgan fingerprint density at radius 2 is 1.53 bits per heavy atom. The van der Waals surface area contributed by atoms with Gasteiger partial charge in [0.05, 0.1) is 22.9 Å². The summed E-state index contributed by atoms with van der Waals surface area (Å²) < 4.78 is 7.83. The van der Waals surface area contributed by atoms with Crippen LogP contribution in [0, 0.1) is 0 Å². The fraction of sp³-hybridized carbons (Fsp3) is 0.0714. The lowest BCUT2D eigenvalue weighted by Gasteiger charge is -2.16. The highest BCUT2D eigenvalue weighted by Crippen LogP contribution is 2.39. The van der Waals surface area contributed by atoms with E-state index in [0.717, 1.165) is 51.3 Å². The lowest BCUT2D eigenvalue weighted by Crippen LogP contribution is -2.17. The summed E-state index contributed by atoms with van der Waals surface area (Å²) in [5.74, 6) is 0.435. The molecular formula is C28H22N2O3S. The molecule has 0 aliphatic carbocycles. The summed E-state index contributed by atoms with van der Waals surface area (Å²) in [6, 6.07) is 30.2. The predicted molar refractivity (Wildman–Crippen MR) is 137 cm³/mol. The van der Waals surface area contributed by atoms with Crippen LogP contribution in [-0.4, -0.2) is 22.3 Å². The molecule has 1 saturated heterocycles. The first-order valence-corrected chi connectivity index (χ1v) is 11.8. The number of carbonyl (C=O) groups excluding carboxylic acids is 2. The first-order valence-electron chi connectivity index (χ1n) is 11.0. The van der Waals surface area contributed by atoms with Crippen molar-refractivity contribution in [1.29, 1.82) is 0 Å². The molecule has 0 saturated carbocycles. The number of carbonyl (C=O) groups is 2. The van der Waals surface area contributed by atoms with Crippen LogP contribution in [0.15, 0.2) is 95.9 Å². The molecule has 5 rings (SSSR count). The van der Waals surface area contributed by atoms with Crippen molar-refractivity contribution in [2.45, 2.75) is 6.92 Å². The third-order valence-electron chi connectivity index (χ3n) is 5.48. The van der Waals surface area contributed by atoms with E-state index in [1.807, 2.05) is 79.7 Å². The van der Waals surface area contributed by atoms with Crippen LogP contribution in [0.2, 0.25) is 0 Å². The van der Waals surface area contributed by atoms with Crippen LogP contribution in [0.25, 0.3) is 34.3 Å². The summed E-state index contributed by atoms with van der Waals surface area (Å²) in [6.07, 6.45) is 1.80. The van der Waals surface area contributed by atoms with Gasteiger partial charge in [-0.1, -0.05) is 60.7 Å². The topological polar surface area (TPSA) is 60.3 Å². The number of thioether (sulfide) groups is 1. The van der Waals surface area contributed by atoms with E-state index in [-0.39, 0.29) is 11.1 Å². The van der Waals surface area contributed by atoms with Crippen LogP contribution in [0.5, 0.6) is 5.75 Å². The van der Waals surface area contributed by atoms with Crippen LogP contribution in [0.4, 0.5) is 4.79 Å². The molecule has 4 aromatic rings. The van der Waals surface area contributed by atoms with E-state index < -0.39 is 0 Å². The van der Waals surface area contributed by atoms with Gasteiger partial charge in [-0.25, -0.2) is 0 Å². The van der Waals surface area contributed by atoms with E-state index in [1.54, 1.807) is 6.08 Å². The summed E-state index contributed by atoms with van der Waals surface area (Å²) in [4.78, 5) is 24.5. The maximum atomic E-state index is 12.3. The van der Waals surface area contributed by atoms with E-state index in [9.17, 15) is 9.59 Å². The van der Waals surface area contributed by atoms with Crippen LogP contribution in [0.1, 0.15) is 12.5 Å². The number of nitrogens with zero attached hydrogens (tertiary/aromatic N) is 1. The van der Waals surface area contributed by atoms with Crippen LogP contribution in [-0.2, 0) is 4.79 Å². The van der Waals surface area contributed by atoms with Crippen LogP contribution >= 0.6 is 11.8 Å². The van der Waals surface area contributed by atoms with Gasteiger partial charge in [0.15, 0.2) is 0 Å². The van der Waals surface area contributed by atoms with E-state index in [1.165, 1.54) is 0 Å². The Hall–Kier alpha value is -4.03. The third-order valence-corrected chi connectivity index (χ3v) is 6.29. The highest BCUT2D eigenvalue weighted by molar-refractivity contribution is 8.18. The van der Waals surface area contributed by atoms with Crippen molar-refractivity contribution in [3.63, 3.8) is 0 Å². The highest BCUT2D eigenvalue weighted by Gasteiger charge is 2.27. The van der Waals surface area contributed by atoms with Crippen LogP contribution in [0.3, 0.4) is 0 Å². The van der Waals surface area contributed by atoms with Crippen LogP contribution < -0.4 is 10.1 Å². The second kappa shape index (κ2) is 9.45. The summed E-state index contributed by atoms with van der Waals surface area (Å²) >= 11 is 0.922. The third kappa shape index (κ3) is 4.28. The molecule has 0 bridgehead atoms. The summed E-state index contributed by atoms with van der Waals surface area (Å²) in [7, 11) is 0. The monoisotopic (exact) mass is 466 g/mol. The van der Waals surface area contributed by atoms with Crippen molar-refractivity contribution in [1.82, 2.24) is 9.88 Å². The van der Waals surface area contributed by atoms with E-state index >= 15 is 0 Å². The number of amides is 2. The zero-order chi connectivity index (χ0) is 23.5. The van der Waals surface area contributed by atoms with Crippen molar-refractivity contribution in [3.8, 4) is 34.0 Å². The number of hydrogen-bond donors (Lipinski definition) is 1. The van der Waals surface area contributed by atoms with Gasteiger partial charge in [0, 0.05) is 11.3 Å². The lowest BCUT2D eigenvalue weighted by molar-refractivity contribution is -0.115. The van der Waals surface area contributed by atoms with Gasteiger partial charge < -0.3 is 9.30 Å². The fourth-order valence-corrected chi connectivity index (χ4v) is 4.71. The molecule has 1 fully saturated rings. The van der Waals surface area contributed by atoms with Crippen molar-refractivity contribution >= 4 is 29.0 Å². The van der Waals surface area contributed by atoms with Gasteiger partial charge in [0.25, 0.3) is 11.1 Å². The number of aromatic nitrogens is 1. The first-order chi connectivity index (χ1) is 16.6. The normalized spacial score (nSPS) is 14.4. The van der Waals surface area contributed by atoms with E-state index in [2.05, 4.69) is 28.1 Å².